The van der Waals surface area contributed by atoms with Crippen LogP contribution in [-0.4, -0.2) is 67.0 Å². The summed E-state index contributed by atoms with van der Waals surface area (Å²) in [4.78, 5) is 39.7. The molecule has 0 radical (unpaired) electrons. The highest BCUT2D eigenvalue weighted by atomic mass is 16.5. The summed E-state index contributed by atoms with van der Waals surface area (Å²) in [5, 5.41) is 0. The Morgan fingerprint density at radius 2 is 1.86 bits per heavy atom. The van der Waals surface area contributed by atoms with Crippen LogP contribution in [0.15, 0.2) is 11.3 Å². The zero-order chi connectivity index (χ0) is 16.3. The van der Waals surface area contributed by atoms with E-state index in [-0.39, 0.29) is 24.5 Å². The molecule has 1 atom stereocenters. The Morgan fingerprint density at radius 3 is 2.36 bits per heavy atom. The SMILES string of the molecule is CCOC(=O)C1=C(N2CCCC2)CN(C(=O)OC)C1C(C)=O. The summed E-state index contributed by atoms with van der Waals surface area (Å²) in [5.74, 6) is -0.807. The van der Waals surface area contributed by atoms with Crippen molar-refractivity contribution in [2.75, 3.05) is 33.4 Å². The van der Waals surface area contributed by atoms with Gasteiger partial charge in [0.1, 0.15) is 6.04 Å². The summed E-state index contributed by atoms with van der Waals surface area (Å²) in [7, 11) is 1.26. The molecule has 1 amide bonds. The van der Waals surface area contributed by atoms with Crippen molar-refractivity contribution in [3.8, 4) is 0 Å². The number of rotatable bonds is 4. The third-order valence-corrected chi connectivity index (χ3v) is 3.99. The quantitative estimate of drug-likeness (QED) is 0.719. The molecule has 1 saturated heterocycles. The van der Waals surface area contributed by atoms with E-state index < -0.39 is 18.1 Å². The predicted molar refractivity (Wildman–Crippen MR) is 78.0 cm³/mol. The van der Waals surface area contributed by atoms with Crippen molar-refractivity contribution in [2.24, 2.45) is 0 Å². The van der Waals surface area contributed by atoms with Crippen LogP contribution in [0.5, 0.6) is 0 Å². The monoisotopic (exact) mass is 310 g/mol. The maximum absolute atomic E-state index is 12.3. The van der Waals surface area contributed by atoms with Crippen molar-refractivity contribution in [1.29, 1.82) is 0 Å². The Hall–Kier alpha value is -2.05. The van der Waals surface area contributed by atoms with Crippen LogP contribution < -0.4 is 0 Å². The largest absolute Gasteiger partial charge is 0.463 e. The van der Waals surface area contributed by atoms with Crippen molar-refractivity contribution < 1.29 is 23.9 Å². The molecule has 0 aromatic carbocycles. The zero-order valence-electron chi connectivity index (χ0n) is 13.3. The highest BCUT2D eigenvalue weighted by Gasteiger charge is 2.45. The molecule has 0 N–H and O–H groups in total. The fraction of sp³-hybridized carbons (Fsp3) is 0.667. The molecular formula is C15H22N2O5. The van der Waals surface area contributed by atoms with Gasteiger partial charge in [-0.2, -0.15) is 0 Å². The maximum atomic E-state index is 12.3. The molecule has 2 aliphatic heterocycles. The summed E-state index contributed by atoms with van der Waals surface area (Å²) in [6, 6.07) is -0.929. The molecule has 2 rings (SSSR count). The summed E-state index contributed by atoms with van der Waals surface area (Å²) in [6.45, 7) is 5.13. The number of likely N-dealkylation sites (tertiary alicyclic amines) is 1. The molecule has 122 valence electrons. The number of esters is 1. The first-order valence-corrected chi connectivity index (χ1v) is 7.51. The number of hydrogen-bond acceptors (Lipinski definition) is 6. The zero-order valence-corrected chi connectivity index (χ0v) is 13.3. The van der Waals surface area contributed by atoms with Gasteiger partial charge < -0.3 is 14.4 Å². The summed E-state index contributed by atoms with van der Waals surface area (Å²) >= 11 is 0. The molecule has 0 bridgehead atoms. The minimum absolute atomic E-state index is 0.199. The van der Waals surface area contributed by atoms with E-state index in [0.717, 1.165) is 25.9 Å². The van der Waals surface area contributed by atoms with Crippen LogP contribution in [0.4, 0.5) is 4.79 Å². The van der Waals surface area contributed by atoms with E-state index in [2.05, 4.69) is 4.90 Å². The van der Waals surface area contributed by atoms with E-state index >= 15 is 0 Å². The van der Waals surface area contributed by atoms with Gasteiger partial charge >= 0.3 is 12.1 Å². The van der Waals surface area contributed by atoms with E-state index in [4.69, 9.17) is 9.47 Å². The van der Waals surface area contributed by atoms with E-state index in [0.29, 0.717) is 5.70 Å². The molecule has 0 aromatic rings. The number of carbonyl (C=O) groups is 3. The number of carbonyl (C=O) groups excluding carboxylic acids is 3. The minimum atomic E-state index is -0.929. The van der Waals surface area contributed by atoms with E-state index in [1.54, 1.807) is 6.92 Å². The van der Waals surface area contributed by atoms with Gasteiger partial charge in [-0.05, 0) is 26.7 Å². The van der Waals surface area contributed by atoms with Crippen molar-refractivity contribution in [1.82, 2.24) is 9.80 Å². The van der Waals surface area contributed by atoms with Crippen LogP contribution >= 0.6 is 0 Å². The Morgan fingerprint density at radius 1 is 1.23 bits per heavy atom. The Bertz CT molecular complexity index is 508. The third-order valence-electron chi connectivity index (χ3n) is 3.99. The second-order valence-electron chi connectivity index (χ2n) is 5.39. The fourth-order valence-electron chi connectivity index (χ4n) is 3.06. The van der Waals surface area contributed by atoms with Crippen LogP contribution in [-0.2, 0) is 19.1 Å². The van der Waals surface area contributed by atoms with Crippen LogP contribution in [0.1, 0.15) is 26.7 Å². The average Bonchev–Trinajstić information content (AvgIpc) is 3.13. The number of ether oxygens (including phenoxy) is 2. The first-order valence-electron chi connectivity index (χ1n) is 7.51. The van der Waals surface area contributed by atoms with Crippen LogP contribution in [0.2, 0.25) is 0 Å². The number of amides is 1. The number of methoxy groups -OCH3 is 1. The normalized spacial score (nSPS) is 21.3. The molecule has 0 aliphatic carbocycles. The lowest BCUT2D eigenvalue weighted by Gasteiger charge is -2.23. The lowest BCUT2D eigenvalue weighted by Crippen LogP contribution is -2.43. The summed E-state index contributed by atoms with van der Waals surface area (Å²) in [5.41, 5.74) is 0.989. The summed E-state index contributed by atoms with van der Waals surface area (Å²) in [6.07, 6.45) is 1.45. The molecule has 1 fully saturated rings. The molecule has 0 aromatic heterocycles. The van der Waals surface area contributed by atoms with E-state index in [1.165, 1.54) is 18.9 Å². The Labute approximate surface area is 129 Å². The van der Waals surface area contributed by atoms with Gasteiger partial charge in [-0.1, -0.05) is 0 Å². The number of hydrogen-bond donors (Lipinski definition) is 0. The second-order valence-corrected chi connectivity index (χ2v) is 5.39. The van der Waals surface area contributed by atoms with Gasteiger partial charge in [-0.3, -0.25) is 9.69 Å². The molecule has 2 aliphatic rings. The van der Waals surface area contributed by atoms with Gasteiger partial charge in [0.05, 0.1) is 25.8 Å². The van der Waals surface area contributed by atoms with Crippen molar-refractivity contribution in [3.05, 3.63) is 11.3 Å². The molecule has 0 spiro atoms. The second kappa shape index (κ2) is 6.81. The van der Waals surface area contributed by atoms with Crippen molar-refractivity contribution in [3.63, 3.8) is 0 Å². The number of Topliss-reactive ketones (excluding diaryl/α,β-unsaturated/α-hetero) is 1. The third kappa shape index (κ3) is 2.93. The first kappa shape index (κ1) is 16.3. The molecule has 0 saturated carbocycles. The molecule has 7 nitrogen and oxygen atoms in total. The number of nitrogens with zero attached hydrogens (tertiary/aromatic N) is 2. The highest BCUT2D eigenvalue weighted by Crippen LogP contribution is 2.31. The van der Waals surface area contributed by atoms with Crippen molar-refractivity contribution >= 4 is 17.8 Å². The van der Waals surface area contributed by atoms with Crippen molar-refractivity contribution in [2.45, 2.75) is 32.7 Å². The lowest BCUT2D eigenvalue weighted by molar-refractivity contribution is -0.140. The molecule has 22 heavy (non-hydrogen) atoms. The van der Waals surface area contributed by atoms with Gasteiger partial charge in [0, 0.05) is 18.8 Å². The van der Waals surface area contributed by atoms with E-state index in [1.807, 2.05) is 0 Å². The average molecular weight is 310 g/mol. The first-order chi connectivity index (χ1) is 10.5. The Kier molecular flexibility index (Phi) is 5.05. The van der Waals surface area contributed by atoms with Crippen LogP contribution in [0.25, 0.3) is 0 Å². The van der Waals surface area contributed by atoms with Gasteiger partial charge in [-0.25, -0.2) is 9.59 Å². The van der Waals surface area contributed by atoms with Crippen LogP contribution in [0, 0.1) is 0 Å². The Balaban J connectivity index is 2.42. The topological polar surface area (TPSA) is 76.2 Å². The van der Waals surface area contributed by atoms with Gasteiger partial charge in [0.15, 0.2) is 5.78 Å². The van der Waals surface area contributed by atoms with Gasteiger partial charge in [0.25, 0.3) is 0 Å². The highest BCUT2D eigenvalue weighted by molar-refractivity contribution is 6.02. The standard InChI is InChI=1S/C15H22N2O5/c1-4-22-14(19)12-11(16-7-5-6-8-16)9-17(15(20)21-3)13(12)10(2)18/h13H,4-9H2,1-3H3. The maximum Gasteiger partial charge on any atom is 0.410 e. The molecule has 1 unspecified atom stereocenters. The molecule has 2 heterocycles. The smallest absolute Gasteiger partial charge is 0.410 e. The summed E-state index contributed by atoms with van der Waals surface area (Å²) < 4.78 is 9.85. The number of ketones is 1. The molecule has 7 heteroatoms. The van der Waals surface area contributed by atoms with Gasteiger partial charge in [0.2, 0.25) is 0 Å². The predicted octanol–water partition coefficient (Wildman–Crippen LogP) is 0.939. The lowest BCUT2D eigenvalue weighted by atomic mass is 10.0. The van der Waals surface area contributed by atoms with Crippen LogP contribution in [0.3, 0.4) is 0 Å². The van der Waals surface area contributed by atoms with E-state index in [9.17, 15) is 14.4 Å². The fourth-order valence-corrected chi connectivity index (χ4v) is 3.06. The molecular weight excluding hydrogens is 288 g/mol. The van der Waals surface area contributed by atoms with Gasteiger partial charge in [-0.15, -0.1) is 0 Å². The minimum Gasteiger partial charge on any atom is -0.463 e.